The fraction of sp³-hybridized carbons (Fsp3) is 0.500. The number of allylic oxidation sites excluding steroid dienone is 1. The van der Waals surface area contributed by atoms with Gasteiger partial charge in [-0.3, -0.25) is 19.3 Å². The maximum absolute atomic E-state index is 13.9. The topological polar surface area (TPSA) is 102 Å². The van der Waals surface area contributed by atoms with Crippen molar-refractivity contribution in [1.82, 2.24) is 20.0 Å². The number of ether oxygens (including phenoxy) is 1. The van der Waals surface area contributed by atoms with E-state index in [0.717, 1.165) is 19.0 Å². The third-order valence-corrected chi connectivity index (χ3v) is 6.33. The SMILES string of the molecule is COCCN1CCCN2C(=O)C3=C(O)C(=O)C(C(=O)NCc4ccc(F)cc4F)CN3CC12. The molecular weight excluding hydrogens is 438 g/mol. The molecule has 3 aliphatic heterocycles. The Morgan fingerprint density at radius 2 is 2.03 bits per heavy atom. The van der Waals surface area contributed by atoms with Gasteiger partial charge in [0.2, 0.25) is 11.7 Å². The molecule has 1 aromatic rings. The van der Waals surface area contributed by atoms with Crippen LogP contribution < -0.4 is 5.32 Å². The van der Waals surface area contributed by atoms with Crippen LogP contribution in [-0.4, -0.2) is 90.0 Å². The Bertz CT molecular complexity index is 1000. The zero-order chi connectivity index (χ0) is 23.7. The Morgan fingerprint density at radius 1 is 1.24 bits per heavy atom. The van der Waals surface area contributed by atoms with E-state index in [1.807, 2.05) is 0 Å². The van der Waals surface area contributed by atoms with E-state index in [1.54, 1.807) is 16.9 Å². The van der Waals surface area contributed by atoms with Crippen LogP contribution in [0.4, 0.5) is 8.78 Å². The van der Waals surface area contributed by atoms with Crippen molar-refractivity contribution in [2.24, 2.45) is 5.92 Å². The first-order valence-corrected chi connectivity index (χ1v) is 10.8. The van der Waals surface area contributed by atoms with Gasteiger partial charge in [-0.05, 0) is 12.5 Å². The molecule has 2 fully saturated rings. The molecule has 2 atom stereocenters. The number of halogens is 2. The molecule has 0 spiro atoms. The summed E-state index contributed by atoms with van der Waals surface area (Å²) in [6.45, 7) is 2.42. The predicted molar refractivity (Wildman–Crippen MR) is 111 cm³/mol. The summed E-state index contributed by atoms with van der Waals surface area (Å²) in [4.78, 5) is 43.9. The van der Waals surface area contributed by atoms with Crippen molar-refractivity contribution < 1.29 is 33.0 Å². The van der Waals surface area contributed by atoms with Crippen LogP contribution in [-0.2, 0) is 25.7 Å². The number of aliphatic hydroxyl groups is 1. The number of amides is 2. The third-order valence-electron chi connectivity index (χ3n) is 6.33. The second-order valence-corrected chi connectivity index (χ2v) is 8.33. The summed E-state index contributed by atoms with van der Waals surface area (Å²) in [7, 11) is 1.60. The van der Waals surface area contributed by atoms with Gasteiger partial charge in [0, 0.05) is 51.5 Å². The average Bonchev–Trinajstić information content (AvgIpc) is 2.79. The van der Waals surface area contributed by atoms with Crippen LogP contribution in [0.1, 0.15) is 12.0 Å². The average molecular weight is 464 g/mol. The van der Waals surface area contributed by atoms with Crippen molar-refractivity contribution in [3.8, 4) is 0 Å². The van der Waals surface area contributed by atoms with E-state index in [4.69, 9.17) is 4.74 Å². The molecule has 1 aromatic carbocycles. The van der Waals surface area contributed by atoms with Gasteiger partial charge in [-0.1, -0.05) is 6.07 Å². The zero-order valence-electron chi connectivity index (χ0n) is 18.2. The van der Waals surface area contributed by atoms with Gasteiger partial charge in [0.25, 0.3) is 5.91 Å². The minimum Gasteiger partial charge on any atom is -0.503 e. The molecule has 4 rings (SSSR count). The summed E-state index contributed by atoms with van der Waals surface area (Å²) in [6, 6.07) is 2.99. The molecule has 2 unspecified atom stereocenters. The number of fused-ring (bicyclic) bond motifs is 2. The number of benzene rings is 1. The molecule has 0 aromatic heterocycles. The highest BCUT2D eigenvalue weighted by molar-refractivity contribution is 6.13. The molecule has 2 N–H and O–H groups in total. The van der Waals surface area contributed by atoms with Crippen molar-refractivity contribution in [3.05, 3.63) is 46.9 Å². The molecule has 3 heterocycles. The van der Waals surface area contributed by atoms with E-state index in [0.29, 0.717) is 32.3 Å². The van der Waals surface area contributed by atoms with Gasteiger partial charge in [0.1, 0.15) is 29.4 Å². The van der Waals surface area contributed by atoms with E-state index in [2.05, 4.69) is 10.2 Å². The van der Waals surface area contributed by atoms with Crippen molar-refractivity contribution in [1.29, 1.82) is 0 Å². The third kappa shape index (κ3) is 4.42. The molecule has 3 aliphatic rings. The number of ketones is 1. The Balaban J connectivity index is 1.50. The highest BCUT2D eigenvalue weighted by atomic mass is 19.1. The number of nitrogens with one attached hydrogen (secondary N) is 1. The van der Waals surface area contributed by atoms with Gasteiger partial charge in [-0.2, -0.15) is 0 Å². The van der Waals surface area contributed by atoms with Crippen LogP contribution in [0.2, 0.25) is 0 Å². The number of hydrogen-bond donors (Lipinski definition) is 2. The number of aliphatic hydroxyl groups excluding tert-OH is 1. The van der Waals surface area contributed by atoms with Crippen LogP contribution in [0.3, 0.4) is 0 Å². The Morgan fingerprint density at radius 3 is 2.76 bits per heavy atom. The second-order valence-electron chi connectivity index (χ2n) is 8.33. The number of carbonyl (C=O) groups excluding carboxylic acids is 3. The maximum atomic E-state index is 13.9. The summed E-state index contributed by atoms with van der Waals surface area (Å²) in [5, 5.41) is 13.0. The lowest BCUT2D eigenvalue weighted by atomic mass is 9.92. The highest BCUT2D eigenvalue weighted by Crippen LogP contribution is 2.31. The van der Waals surface area contributed by atoms with Crippen LogP contribution in [0.5, 0.6) is 0 Å². The first-order valence-electron chi connectivity index (χ1n) is 10.8. The van der Waals surface area contributed by atoms with Crippen molar-refractivity contribution in [2.45, 2.75) is 19.1 Å². The Labute approximate surface area is 189 Å². The number of piperazine rings is 1. The lowest BCUT2D eigenvalue weighted by molar-refractivity contribution is -0.151. The second kappa shape index (κ2) is 9.44. The smallest absolute Gasteiger partial charge is 0.275 e. The van der Waals surface area contributed by atoms with E-state index in [1.165, 1.54) is 6.07 Å². The van der Waals surface area contributed by atoms with Crippen molar-refractivity contribution in [3.63, 3.8) is 0 Å². The summed E-state index contributed by atoms with van der Waals surface area (Å²) >= 11 is 0. The molecule has 0 radical (unpaired) electrons. The number of nitrogens with zero attached hydrogens (tertiary/aromatic N) is 3. The van der Waals surface area contributed by atoms with Crippen LogP contribution in [0.25, 0.3) is 0 Å². The fourth-order valence-electron chi connectivity index (χ4n) is 4.59. The number of methoxy groups -OCH3 is 1. The van der Waals surface area contributed by atoms with Gasteiger partial charge in [0.05, 0.1) is 13.2 Å². The van der Waals surface area contributed by atoms with Gasteiger partial charge >= 0.3 is 0 Å². The van der Waals surface area contributed by atoms with E-state index < -0.39 is 40.9 Å². The summed E-state index contributed by atoms with van der Waals surface area (Å²) in [5.74, 6) is -5.53. The Kier molecular flexibility index (Phi) is 6.61. The number of rotatable bonds is 6. The molecule has 33 heavy (non-hydrogen) atoms. The van der Waals surface area contributed by atoms with Gasteiger partial charge in [0.15, 0.2) is 5.76 Å². The standard InChI is InChI=1S/C22H26F2N4O5/c1-33-8-7-26-5-2-6-28-17(26)12-27-11-15(19(29)20(30)18(27)22(28)32)21(31)25-10-13-3-4-14(23)9-16(13)24/h3-4,9,15,17,30H,2,5-8,10-12H2,1H3,(H,25,31). The number of carbonyl (C=O) groups is 3. The van der Waals surface area contributed by atoms with Crippen molar-refractivity contribution >= 4 is 17.6 Å². The quantitative estimate of drug-likeness (QED) is 0.587. The normalized spacial score (nSPS) is 23.5. The molecule has 9 nitrogen and oxygen atoms in total. The van der Waals surface area contributed by atoms with Gasteiger partial charge < -0.3 is 25.0 Å². The predicted octanol–water partition coefficient (Wildman–Crippen LogP) is 0.372. The van der Waals surface area contributed by atoms with E-state index >= 15 is 0 Å². The van der Waals surface area contributed by atoms with Crippen molar-refractivity contribution in [2.75, 3.05) is 46.4 Å². The van der Waals surface area contributed by atoms with Crippen LogP contribution in [0.15, 0.2) is 29.7 Å². The molecule has 2 amide bonds. The molecular formula is C22H26F2N4O5. The molecule has 11 heteroatoms. The van der Waals surface area contributed by atoms with E-state index in [-0.39, 0.29) is 30.5 Å². The molecule has 0 saturated carbocycles. The number of Topliss-reactive ketones (excluding diaryl/α,β-unsaturated/α-hetero) is 1. The van der Waals surface area contributed by atoms with Crippen LogP contribution in [0, 0.1) is 17.6 Å². The molecule has 0 aliphatic carbocycles. The maximum Gasteiger partial charge on any atom is 0.275 e. The Hall–Kier alpha value is -3.05. The lowest BCUT2D eigenvalue weighted by Gasteiger charge is -2.51. The first kappa shape index (κ1) is 23.1. The first-order chi connectivity index (χ1) is 15.8. The minimum absolute atomic E-state index is 0.0632. The van der Waals surface area contributed by atoms with Gasteiger partial charge in [-0.25, -0.2) is 8.78 Å². The molecule has 0 bridgehead atoms. The largest absolute Gasteiger partial charge is 0.503 e. The number of hydrogen-bond acceptors (Lipinski definition) is 7. The van der Waals surface area contributed by atoms with Crippen LogP contribution >= 0.6 is 0 Å². The zero-order valence-corrected chi connectivity index (χ0v) is 18.2. The highest BCUT2D eigenvalue weighted by Gasteiger charge is 2.48. The summed E-state index contributed by atoms with van der Waals surface area (Å²) in [5.41, 5.74) is -0.0216. The molecule has 2 saturated heterocycles. The molecule has 178 valence electrons. The van der Waals surface area contributed by atoms with Gasteiger partial charge in [-0.15, -0.1) is 0 Å². The minimum atomic E-state index is -1.26. The lowest BCUT2D eigenvalue weighted by Crippen LogP contribution is -2.67. The summed E-state index contributed by atoms with van der Waals surface area (Å²) < 4.78 is 32.1. The monoisotopic (exact) mass is 464 g/mol. The van der Waals surface area contributed by atoms with E-state index in [9.17, 15) is 28.3 Å². The fourth-order valence-corrected chi connectivity index (χ4v) is 4.59. The summed E-state index contributed by atoms with van der Waals surface area (Å²) in [6.07, 6.45) is 0.502.